The first-order valence-electron chi connectivity index (χ1n) is 6.04. The minimum absolute atomic E-state index is 0.0145. The third-order valence-electron chi connectivity index (χ3n) is 2.25. The van der Waals surface area contributed by atoms with Crippen LogP contribution in [0.1, 0.15) is 30.6 Å². The van der Waals surface area contributed by atoms with E-state index in [0.29, 0.717) is 31.0 Å². The Bertz CT molecular complexity index is 390. The molecule has 1 heterocycles. The van der Waals surface area contributed by atoms with Gasteiger partial charge in [0.1, 0.15) is 0 Å². The Hall–Kier alpha value is -1.91. The molecule has 0 bridgehead atoms. The minimum Gasteiger partial charge on any atom is -0.354 e. The molecule has 0 aliphatic heterocycles. The second-order valence-electron chi connectivity index (χ2n) is 4.45. The molecule has 0 atom stereocenters. The maximum Gasteiger partial charge on any atom is 0.252 e. The van der Waals surface area contributed by atoms with Gasteiger partial charge in [-0.05, 0) is 18.1 Å². The SMILES string of the molecule is CC(C)CC(=O)NCCNC(=O)c1cccnc1. The number of carbonyl (C=O) groups excluding carboxylic acids is 2. The summed E-state index contributed by atoms with van der Waals surface area (Å²) in [5.41, 5.74) is 0.519. The fraction of sp³-hybridized carbons (Fsp3) is 0.462. The number of aromatic nitrogens is 1. The molecule has 1 rings (SSSR count). The Morgan fingerprint density at radius 1 is 1.28 bits per heavy atom. The normalized spacial score (nSPS) is 10.2. The minimum atomic E-state index is -0.179. The molecule has 0 unspecified atom stereocenters. The van der Waals surface area contributed by atoms with E-state index in [0.717, 1.165) is 0 Å². The second kappa shape index (κ2) is 7.42. The van der Waals surface area contributed by atoms with Crippen molar-refractivity contribution in [2.45, 2.75) is 20.3 Å². The van der Waals surface area contributed by atoms with Crippen molar-refractivity contribution in [3.05, 3.63) is 30.1 Å². The van der Waals surface area contributed by atoms with Crippen molar-refractivity contribution in [2.24, 2.45) is 5.92 Å². The van der Waals surface area contributed by atoms with E-state index in [1.54, 1.807) is 18.3 Å². The lowest BCUT2D eigenvalue weighted by Crippen LogP contribution is -2.35. The van der Waals surface area contributed by atoms with Gasteiger partial charge in [-0.15, -0.1) is 0 Å². The molecule has 1 aromatic rings. The van der Waals surface area contributed by atoms with Gasteiger partial charge < -0.3 is 10.6 Å². The summed E-state index contributed by atoms with van der Waals surface area (Å²) in [6, 6.07) is 3.40. The van der Waals surface area contributed by atoms with E-state index in [1.807, 2.05) is 13.8 Å². The molecule has 0 radical (unpaired) electrons. The summed E-state index contributed by atoms with van der Waals surface area (Å²) >= 11 is 0. The van der Waals surface area contributed by atoms with Gasteiger partial charge in [0.25, 0.3) is 5.91 Å². The van der Waals surface area contributed by atoms with Crippen molar-refractivity contribution in [1.29, 1.82) is 0 Å². The van der Waals surface area contributed by atoms with Crippen molar-refractivity contribution in [2.75, 3.05) is 13.1 Å². The van der Waals surface area contributed by atoms with E-state index in [2.05, 4.69) is 15.6 Å². The number of hydrogen-bond donors (Lipinski definition) is 2. The summed E-state index contributed by atoms with van der Waals surface area (Å²) in [5, 5.41) is 5.47. The van der Waals surface area contributed by atoms with Crippen LogP contribution in [0.5, 0.6) is 0 Å². The molecule has 0 saturated carbocycles. The van der Waals surface area contributed by atoms with Gasteiger partial charge in [-0.1, -0.05) is 13.8 Å². The lowest BCUT2D eigenvalue weighted by molar-refractivity contribution is -0.121. The number of carbonyl (C=O) groups is 2. The van der Waals surface area contributed by atoms with E-state index < -0.39 is 0 Å². The van der Waals surface area contributed by atoms with Gasteiger partial charge in [-0.25, -0.2) is 0 Å². The highest BCUT2D eigenvalue weighted by Crippen LogP contribution is 1.97. The van der Waals surface area contributed by atoms with Gasteiger partial charge in [0.2, 0.25) is 5.91 Å². The standard InChI is InChI=1S/C13H19N3O2/c1-10(2)8-12(17)15-6-7-16-13(18)11-4-3-5-14-9-11/h3-5,9-10H,6-8H2,1-2H3,(H,15,17)(H,16,18). The summed E-state index contributed by atoms with van der Waals surface area (Å²) in [5.74, 6) is 0.178. The third-order valence-corrected chi connectivity index (χ3v) is 2.25. The first kappa shape index (κ1) is 14.2. The van der Waals surface area contributed by atoms with Crippen LogP contribution in [0.15, 0.2) is 24.5 Å². The van der Waals surface area contributed by atoms with Crippen LogP contribution >= 0.6 is 0 Å². The van der Waals surface area contributed by atoms with Crippen LogP contribution in [-0.2, 0) is 4.79 Å². The Balaban J connectivity index is 2.19. The van der Waals surface area contributed by atoms with Crippen LogP contribution in [0, 0.1) is 5.92 Å². The first-order valence-corrected chi connectivity index (χ1v) is 6.04. The number of nitrogens with zero attached hydrogens (tertiary/aromatic N) is 1. The lowest BCUT2D eigenvalue weighted by atomic mass is 10.1. The van der Waals surface area contributed by atoms with E-state index in [9.17, 15) is 9.59 Å². The fourth-order valence-electron chi connectivity index (χ4n) is 1.42. The molecule has 2 amide bonds. The van der Waals surface area contributed by atoms with Crippen LogP contribution < -0.4 is 10.6 Å². The predicted molar refractivity (Wildman–Crippen MR) is 69.0 cm³/mol. The molecule has 0 aliphatic rings. The molecule has 98 valence electrons. The summed E-state index contributed by atoms with van der Waals surface area (Å²) in [6.45, 7) is 4.84. The van der Waals surface area contributed by atoms with E-state index in [4.69, 9.17) is 0 Å². The van der Waals surface area contributed by atoms with E-state index >= 15 is 0 Å². The zero-order chi connectivity index (χ0) is 13.4. The van der Waals surface area contributed by atoms with Crippen LogP contribution in [0.4, 0.5) is 0 Å². The topological polar surface area (TPSA) is 71.1 Å². The summed E-state index contributed by atoms with van der Waals surface area (Å²) in [7, 11) is 0. The van der Waals surface area contributed by atoms with E-state index in [1.165, 1.54) is 6.20 Å². The van der Waals surface area contributed by atoms with Crippen LogP contribution in [0.3, 0.4) is 0 Å². The van der Waals surface area contributed by atoms with Gasteiger partial charge in [0, 0.05) is 31.9 Å². The average Bonchev–Trinajstić information content (AvgIpc) is 2.34. The Kier molecular flexibility index (Phi) is 5.84. The number of nitrogens with one attached hydrogen (secondary N) is 2. The number of rotatable bonds is 6. The van der Waals surface area contributed by atoms with Crippen LogP contribution in [-0.4, -0.2) is 29.9 Å². The molecular weight excluding hydrogens is 230 g/mol. The van der Waals surface area contributed by atoms with Crippen LogP contribution in [0.25, 0.3) is 0 Å². The van der Waals surface area contributed by atoms with Crippen molar-refractivity contribution in [1.82, 2.24) is 15.6 Å². The zero-order valence-corrected chi connectivity index (χ0v) is 10.8. The predicted octanol–water partition coefficient (Wildman–Crippen LogP) is 0.974. The lowest BCUT2D eigenvalue weighted by Gasteiger charge is -2.08. The Labute approximate surface area is 107 Å². The molecule has 0 spiro atoms. The Morgan fingerprint density at radius 3 is 2.61 bits per heavy atom. The number of amides is 2. The quantitative estimate of drug-likeness (QED) is 0.738. The first-order chi connectivity index (χ1) is 8.59. The largest absolute Gasteiger partial charge is 0.354 e. The number of pyridine rings is 1. The molecule has 0 saturated heterocycles. The highest BCUT2D eigenvalue weighted by molar-refractivity contribution is 5.93. The molecule has 5 heteroatoms. The molecule has 2 N–H and O–H groups in total. The zero-order valence-electron chi connectivity index (χ0n) is 10.8. The van der Waals surface area contributed by atoms with Crippen molar-refractivity contribution in [3.63, 3.8) is 0 Å². The fourth-order valence-corrected chi connectivity index (χ4v) is 1.42. The molecule has 5 nitrogen and oxygen atoms in total. The summed E-state index contributed by atoms with van der Waals surface area (Å²) in [4.78, 5) is 26.8. The monoisotopic (exact) mass is 249 g/mol. The summed E-state index contributed by atoms with van der Waals surface area (Å²) < 4.78 is 0. The summed E-state index contributed by atoms with van der Waals surface area (Å²) in [6.07, 6.45) is 3.63. The highest BCUT2D eigenvalue weighted by atomic mass is 16.2. The third kappa shape index (κ3) is 5.43. The van der Waals surface area contributed by atoms with Gasteiger partial charge >= 0.3 is 0 Å². The van der Waals surface area contributed by atoms with Gasteiger partial charge in [0.15, 0.2) is 0 Å². The molecule has 1 aromatic heterocycles. The van der Waals surface area contributed by atoms with Crippen molar-refractivity contribution >= 4 is 11.8 Å². The van der Waals surface area contributed by atoms with Crippen molar-refractivity contribution in [3.8, 4) is 0 Å². The molecule has 0 aliphatic carbocycles. The molecular formula is C13H19N3O2. The Morgan fingerprint density at radius 2 is 2.00 bits per heavy atom. The molecule has 18 heavy (non-hydrogen) atoms. The van der Waals surface area contributed by atoms with Gasteiger partial charge in [-0.3, -0.25) is 14.6 Å². The smallest absolute Gasteiger partial charge is 0.252 e. The average molecular weight is 249 g/mol. The molecule has 0 fully saturated rings. The highest BCUT2D eigenvalue weighted by Gasteiger charge is 2.05. The van der Waals surface area contributed by atoms with Crippen LogP contribution in [0.2, 0.25) is 0 Å². The van der Waals surface area contributed by atoms with Crippen molar-refractivity contribution < 1.29 is 9.59 Å². The number of hydrogen-bond acceptors (Lipinski definition) is 3. The maximum atomic E-state index is 11.6. The maximum absolute atomic E-state index is 11.6. The van der Waals surface area contributed by atoms with Gasteiger partial charge in [0.05, 0.1) is 5.56 Å². The second-order valence-corrected chi connectivity index (χ2v) is 4.45. The van der Waals surface area contributed by atoms with Gasteiger partial charge in [-0.2, -0.15) is 0 Å². The molecule has 0 aromatic carbocycles. The van der Waals surface area contributed by atoms with E-state index in [-0.39, 0.29) is 11.8 Å².